The van der Waals surface area contributed by atoms with E-state index in [1.54, 1.807) is 28.2 Å². The van der Waals surface area contributed by atoms with E-state index in [1.165, 1.54) is 0 Å². The van der Waals surface area contributed by atoms with E-state index in [2.05, 4.69) is 61.7 Å². The Morgan fingerprint density at radius 1 is 1.17 bits per heavy atom. The van der Waals surface area contributed by atoms with Gasteiger partial charge in [-0.1, -0.05) is 11.3 Å². The summed E-state index contributed by atoms with van der Waals surface area (Å²) in [6.07, 6.45) is 0. The summed E-state index contributed by atoms with van der Waals surface area (Å²) < 4.78 is 3.09. The van der Waals surface area contributed by atoms with Crippen LogP contribution >= 0.6 is 38.6 Å². The number of thiazole rings is 1. The van der Waals surface area contributed by atoms with Gasteiger partial charge in [0.2, 0.25) is 5.13 Å². The van der Waals surface area contributed by atoms with E-state index >= 15 is 0 Å². The number of hydrogen-bond donors (Lipinski definition) is 0. The highest BCUT2D eigenvalue weighted by Crippen LogP contribution is 2.33. The molecule has 0 amide bonds. The predicted octanol–water partition coefficient (Wildman–Crippen LogP) is 3.83. The first-order chi connectivity index (χ1) is 8.66. The van der Waals surface area contributed by atoms with Crippen LogP contribution in [0.3, 0.4) is 0 Å². The summed E-state index contributed by atoms with van der Waals surface area (Å²) in [6, 6.07) is 4.16. The summed E-state index contributed by atoms with van der Waals surface area (Å²) in [5, 5.41) is 10.2. The van der Waals surface area contributed by atoms with Gasteiger partial charge in [0.25, 0.3) is 0 Å². The lowest BCUT2D eigenvalue weighted by Gasteiger charge is -2.02. The number of aromatic nitrogens is 4. The highest BCUT2D eigenvalue weighted by atomic mass is 79.9. The third-order valence-electron chi connectivity index (χ3n) is 2.60. The molecule has 0 aromatic carbocycles. The molecule has 18 heavy (non-hydrogen) atoms. The Bertz CT molecular complexity index is 678. The molecular formula is C11H9BrN4S2. The third kappa shape index (κ3) is 1.92. The van der Waals surface area contributed by atoms with Gasteiger partial charge >= 0.3 is 0 Å². The summed E-state index contributed by atoms with van der Waals surface area (Å²) >= 11 is 6.57. The highest BCUT2D eigenvalue weighted by Gasteiger charge is 2.15. The van der Waals surface area contributed by atoms with E-state index in [-0.39, 0.29) is 0 Å². The minimum Gasteiger partial charge on any atom is -0.293 e. The van der Waals surface area contributed by atoms with Gasteiger partial charge in [-0.15, -0.1) is 21.5 Å². The van der Waals surface area contributed by atoms with Crippen LogP contribution in [0.5, 0.6) is 0 Å². The van der Waals surface area contributed by atoms with Crippen LogP contribution in [0.25, 0.3) is 15.8 Å². The average Bonchev–Trinajstić information content (AvgIpc) is 3.00. The van der Waals surface area contributed by atoms with Crippen LogP contribution in [0.15, 0.2) is 21.4 Å². The van der Waals surface area contributed by atoms with Crippen LogP contribution in [0, 0.1) is 13.8 Å². The Hall–Kier alpha value is -1.05. The number of hydrogen-bond acceptors (Lipinski definition) is 5. The number of aryl methyl sites for hydroxylation is 2. The van der Waals surface area contributed by atoms with E-state index in [0.717, 1.165) is 31.0 Å². The van der Waals surface area contributed by atoms with Crippen LogP contribution in [-0.4, -0.2) is 19.7 Å². The normalized spacial score (nSPS) is 11.1. The quantitative estimate of drug-likeness (QED) is 0.711. The number of nitrogens with zero attached hydrogens (tertiary/aromatic N) is 4. The van der Waals surface area contributed by atoms with Crippen molar-refractivity contribution >= 4 is 38.6 Å². The largest absolute Gasteiger partial charge is 0.293 e. The molecule has 0 N–H and O–H groups in total. The van der Waals surface area contributed by atoms with Gasteiger partial charge in [0.15, 0.2) is 5.01 Å². The summed E-state index contributed by atoms with van der Waals surface area (Å²) in [6.45, 7) is 4.12. The van der Waals surface area contributed by atoms with E-state index < -0.39 is 0 Å². The molecule has 0 saturated heterocycles. The van der Waals surface area contributed by atoms with Crippen molar-refractivity contribution in [1.82, 2.24) is 19.7 Å². The molecule has 0 aliphatic heterocycles. The van der Waals surface area contributed by atoms with Crippen LogP contribution in [-0.2, 0) is 0 Å². The highest BCUT2D eigenvalue weighted by molar-refractivity contribution is 9.11. The maximum atomic E-state index is 4.30. The molecule has 0 saturated carbocycles. The molecule has 0 aliphatic carbocycles. The van der Waals surface area contributed by atoms with Crippen LogP contribution in [0.1, 0.15) is 11.4 Å². The molecule has 0 aliphatic rings. The fourth-order valence-electron chi connectivity index (χ4n) is 1.74. The third-order valence-corrected chi connectivity index (χ3v) is 5.07. The molecule has 7 heteroatoms. The standard InChI is InChI=1S/C11H9BrN4S2/c1-6-3-4-7(2)16(6)11-15-14-10(18-11)8-9(12)17-5-13-8/h3-5H,1-2H3. The van der Waals surface area contributed by atoms with Crippen LogP contribution < -0.4 is 0 Å². The topological polar surface area (TPSA) is 43.6 Å². The Morgan fingerprint density at radius 2 is 1.89 bits per heavy atom. The molecular weight excluding hydrogens is 332 g/mol. The number of rotatable bonds is 2. The lowest BCUT2D eigenvalue weighted by atomic mass is 10.5. The summed E-state index contributed by atoms with van der Waals surface area (Å²) in [4.78, 5) is 4.30. The Balaban J connectivity index is 2.08. The van der Waals surface area contributed by atoms with Crippen molar-refractivity contribution in [2.45, 2.75) is 13.8 Å². The summed E-state index contributed by atoms with van der Waals surface area (Å²) in [5.41, 5.74) is 4.98. The minimum absolute atomic E-state index is 0.839. The SMILES string of the molecule is Cc1ccc(C)n1-c1nnc(-c2ncsc2Br)s1. The maximum Gasteiger partial charge on any atom is 0.217 e. The lowest BCUT2D eigenvalue weighted by Crippen LogP contribution is -1.97. The predicted molar refractivity (Wildman–Crippen MR) is 77.5 cm³/mol. The summed E-state index contributed by atoms with van der Waals surface area (Å²) in [7, 11) is 0. The van der Waals surface area contributed by atoms with Crippen LogP contribution in [0.4, 0.5) is 0 Å². The van der Waals surface area contributed by atoms with Crippen molar-refractivity contribution in [2.24, 2.45) is 0 Å². The molecule has 0 spiro atoms. The molecule has 3 heterocycles. The zero-order chi connectivity index (χ0) is 12.7. The smallest absolute Gasteiger partial charge is 0.217 e. The van der Waals surface area contributed by atoms with Crippen molar-refractivity contribution in [1.29, 1.82) is 0 Å². The van der Waals surface area contributed by atoms with Crippen LogP contribution in [0.2, 0.25) is 0 Å². The van der Waals surface area contributed by atoms with Gasteiger partial charge in [-0.05, 0) is 41.9 Å². The van der Waals surface area contributed by atoms with Gasteiger partial charge in [0.1, 0.15) is 9.48 Å². The Labute approximate surface area is 120 Å². The van der Waals surface area contributed by atoms with Gasteiger partial charge < -0.3 is 0 Å². The van der Waals surface area contributed by atoms with Gasteiger partial charge in [-0.2, -0.15) is 0 Å². The fourth-order valence-corrected chi connectivity index (χ4v) is 3.96. The molecule has 92 valence electrons. The molecule has 0 bridgehead atoms. The zero-order valence-electron chi connectivity index (χ0n) is 9.72. The molecule has 0 unspecified atom stereocenters. The van der Waals surface area contributed by atoms with Crippen molar-refractivity contribution in [3.05, 3.63) is 32.8 Å². The van der Waals surface area contributed by atoms with Gasteiger partial charge in [0.05, 0.1) is 5.51 Å². The second kappa shape index (κ2) is 4.56. The van der Waals surface area contributed by atoms with Crippen molar-refractivity contribution in [3.63, 3.8) is 0 Å². The molecule has 0 radical (unpaired) electrons. The number of halogens is 1. The monoisotopic (exact) mass is 340 g/mol. The van der Waals surface area contributed by atoms with E-state index in [9.17, 15) is 0 Å². The second-order valence-corrected chi connectivity index (χ2v) is 6.94. The molecule has 3 aromatic heterocycles. The fraction of sp³-hybridized carbons (Fsp3) is 0.182. The molecule has 0 atom stereocenters. The molecule has 3 aromatic rings. The van der Waals surface area contributed by atoms with Crippen molar-refractivity contribution in [3.8, 4) is 15.8 Å². The second-order valence-electron chi connectivity index (χ2n) is 3.82. The maximum absolute atomic E-state index is 4.30. The Morgan fingerprint density at radius 3 is 2.50 bits per heavy atom. The van der Waals surface area contributed by atoms with E-state index in [4.69, 9.17) is 0 Å². The summed E-state index contributed by atoms with van der Waals surface area (Å²) in [5.74, 6) is 0. The first-order valence-electron chi connectivity index (χ1n) is 5.25. The van der Waals surface area contributed by atoms with Crippen molar-refractivity contribution < 1.29 is 0 Å². The van der Waals surface area contributed by atoms with Gasteiger partial charge in [0, 0.05) is 11.4 Å². The first-order valence-corrected chi connectivity index (χ1v) is 7.74. The van der Waals surface area contributed by atoms with Gasteiger partial charge in [-0.25, -0.2) is 4.98 Å². The molecule has 3 rings (SSSR count). The van der Waals surface area contributed by atoms with Crippen molar-refractivity contribution in [2.75, 3.05) is 0 Å². The minimum atomic E-state index is 0.839. The van der Waals surface area contributed by atoms with E-state index in [0.29, 0.717) is 0 Å². The first kappa shape index (κ1) is 12.0. The zero-order valence-corrected chi connectivity index (χ0v) is 12.9. The van der Waals surface area contributed by atoms with E-state index in [1.807, 2.05) is 0 Å². The average molecular weight is 341 g/mol. The lowest BCUT2D eigenvalue weighted by molar-refractivity contribution is 0.913. The Kier molecular flexibility index (Phi) is 3.04. The molecule has 4 nitrogen and oxygen atoms in total. The van der Waals surface area contributed by atoms with Gasteiger partial charge in [-0.3, -0.25) is 4.57 Å². The molecule has 0 fully saturated rings.